The molecule has 12 rings (SSSR count). The first kappa shape index (κ1) is 35.5. The lowest BCUT2D eigenvalue weighted by Crippen LogP contribution is -2.00. The van der Waals surface area contributed by atoms with Gasteiger partial charge in [-0.1, -0.05) is 164 Å². The molecule has 0 radical (unpaired) electrons. The lowest BCUT2D eigenvalue weighted by atomic mass is 9.99. The van der Waals surface area contributed by atoms with Gasteiger partial charge >= 0.3 is 0 Å². The van der Waals surface area contributed by atoms with E-state index in [1.807, 2.05) is 36.4 Å². The molecule has 3 heterocycles. The Balaban J connectivity index is 0.942. The Morgan fingerprint density at radius 1 is 0.226 bits per heavy atom. The van der Waals surface area contributed by atoms with E-state index in [1.165, 1.54) is 43.7 Å². The first-order chi connectivity index (χ1) is 30.7. The summed E-state index contributed by atoms with van der Waals surface area (Å²) in [6.45, 7) is 0. The molecule has 290 valence electrons. The monoisotopic (exact) mass is 791 g/mol. The van der Waals surface area contributed by atoms with Crippen LogP contribution in [0.3, 0.4) is 0 Å². The summed E-state index contributed by atoms with van der Waals surface area (Å²) in [7, 11) is 0. The quantitative estimate of drug-likeness (QED) is 0.162. The first-order valence-electron chi connectivity index (χ1n) is 20.9. The van der Waals surface area contributed by atoms with Crippen molar-refractivity contribution in [2.24, 2.45) is 0 Å². The predicted molar refractivity (Wildman–Crippen MR) is 256 cm³/mol. The number of aromatic nitrogens is 5. The summed E-state index contributed by atoms with van der Waals surface area (Å²) in [6, 6.07) is 79.3. The highest BCUT2D eigenvalue weighted by Gasteiger charge is 2.19. The van der Waals surface area contributed by atoms with Crippen LogP contribution in [0.1, 0.15) is 0 Å². The van der Waals surface area contributed by atoms with Crippen LogP contribution in [0.25, 0.3) is 111 Å². The van der Waals surface area contributed by atoms with E-state index in [0.717, 1.165) is 50.2 Å². The minimum Gasteiger partial charge on any atom is -0.309 e. The molecule has 0 aliphatic heterocycles. The average molecular weight is 792 g/mol. The second-order valence-electron chi connectivity index (χ2n) is 15.7. The molecule has 0 N–H and O–H groups in total. The smallest absolute Gasteiger partial charge is 0.164 e. The molecule has 5 heteroatoms. The van der Waals surface area contributed by atoms with Gasteiger partial charge in [0, 0.05) is 49.6 Å². The molecule has 12 aromatic rings. The summed E-state index contributed by atoms with van der Waals surface area (Å²) in [6.07, 6.45) is 0. The van der Waals surface area contributed by atoms with Gasteiger partial charge in [0.1, 0.15) is 0 Å². The molecule has 0 amide bonds. The summed E-state index contributed by atoms with van der Waals surface area (Å²) in [5.74, 6) is 1.89. The number of hydrogen-bond donors (Lipinski definition) is 0. The number of fused-ring (bicyclic) bond motifs is 6. The van der Waals surface area contributed by atoms with Crippen molar-refractivity contribution < 1.29 is 0 Å². The van der Waals surface area contributed by atoms with Crippen LogP contribution in [-0.4, -0.2) is 24.1 Å². The molecule has 0 unspecified atom stereocenters. The molecule has 0 spiro atoms. The van der Waals surface area contributed by atoms with E-state index in [9.17, 15) is 0 Å². The van der Waals surface area contributed by atoms with Gasteiger partial charge in [-0.15, -0.1) is 0 Å². The summed E-state index contributed by atoms with van der Waals surface area (Å²) < 4.78 is 4.77. The van der Waals surface area contributed by atoms with Gasteiger partial charge < -0.3 is 9.13 Å². The maximum Gasteiger partial charge on any atom is 0.164 e. The van der Waals surface area contributed by atoms with Gasteiger partial charge in [0.2, 0.25) is 0 Å². The van der Waals surface area contributed by atoms with Gasteiger partial charge in [-0.25, -0.2) is 15.0 Å². The Kier molecular flexibility index (Phi) is 8.42. The normalized spacial score (nSPS) is 11.5. The molecule has 0 atom stereocenters. The van der Waals surface area contributed by atoms with Crippen LogP contribution in [0.2, 0.25) is 0 Å². The topological polar surface area (TPSA) is 48.5 Å². The SMILES string of the molecule is c1ccc(-c2ccc(-c3ccc(-c4nc(-c5ccccc5)nc(-c5ccc(-n6c7ccccc7c7cc8c(cc76)c6ccccc6n8-c6ccccc6)cc5)n4)cc3)cc2)cc1. The number of benzene rings is 9. The standard InChI is InChI=1S/C57H37N5/c1-4-14-38(15-5-1)39-24-26-40(27-25-39)41-28-30-43(31-29-41)56-58-55(42-16-6-2-7-17-42)59-57(60-56)44-32-34-46(35-33-44)62-52-23-13-11-21-48(52)50-36-53-49(37-54(50)62)47-20-10-12-22-51(47)61(53)45-18-8-3-9-19-45/h1-37H. The van der Waals surface area contributed by atoms with Crippen molar-refractivity contribution in [3.63, 3.8) is 0 Å². The van der Waals surface area contributed by atoms with Gasteiger partial charge in [-0.2, -0.15) is 0 Å². The first-order valence-corrected chi connectivity index (χ1v) is 20.9. The van der Waals surface area contributed by atoms with E-state index in [4.69, 9.17) is 15.0 Å². The fraction of sp³-hybridized carbons (Fsp3) is 0. The van der Waals surface area contributed by atoms with Crippen LogP contribution in [0.5, 0.6) is 0 Å². The van der Waals surface area contributed by atoms with Crippen molar-refractivity contribution in [2.45, 2.75) is 0 Å². The number of nitrogens with zero attached hydrogens (tertiary/aromatic N) is 5. The molecule has 0 aliphatic rings. The van der Waals surface area contributed by atoms with Crippen molar-refractivity contribution in [2.75, 3.05) is 0 Å². The third kappa shape index (κ3) is 6.06. The second-order valence-corrected chi connectivity index (χ2v) is 15.7. The molecule has 0 fully saturated rings. The van der Waals surface area contributed by atoms with Crippen molar-refractivity contribution in [3.8, 4) is 67.8 Å². The fourth-order valence-electron chi connectivity index (χ4n) is 8.97. The average Bonchev–Trinajstić information content (AvgIpc) is 3.86. The highest BCUT2D eigenvalue weighted by atomic mass is 15.0. The van der Waals surface area contributed by atoms with Crippen LogP contribution in [0.15, 0.2) is 224 Å². The van der Waals surface area contributed by atoms with Crippen LogP contribution in [0, 0.1) is 0 Å². The van der Waals surface area contributed by atoms with Gasteiger partial charge in [-0.3, -0.25) is 0 Å². The summed E-state index contributed by atoms with van der Waals surface area (Å²) in [4.78, 5) is 15.2. The minimum atomic E-state index is 0.624. The maximum absolute atomic E-state index is 5.10. The lowest BCUT2D eigenvalue weighted by Gasteiger charge is -2.11. The zero-order valence-electron chi connectivity index (χ0n) is 33.6. The third-order valence-electron chi connectivity index (χ3n) is 12.0. The molecule has 5 nitrogen and oxygen atoms in total. The van der Waals surface area contributed by atoms with Gasteiger partial charge in [-0.05, 0) is 82.9 Å². The van der Waals surface area contributed by atoms with Gasteiger partial charge in [0.05, 0.1) is 22.1 Å². The van der Waals surface area contributed by atoms with Crippen LogP contribution in [0.4, 0.5) is 0 Å². The van der Waals surface area contributed by atoms with E-state index in [-0.39, 0.29) is 0 Å². The zero-order chi connectivity index (χ0) is 41.0. The van der Waals surface area contributed by atoms with Crippen molar-refractivity contribution >= 4 is 43.6 Å². The summed E-state index contributed by atoms with van der Waals surface area (Å²) >= 11 is 0. The van der Waals surface area contributed by atoms with Crippen LogP contribution >= 0.6 is 0 Å². The Morgan fingerprint density at radius 3 is 0.984 bits per heavy atom. The Labute approximate surface area is 358 Å². The number of hydrogen-bond acceptors (Lipinski definition) is 3. The highest BCUT2D eigenvalue weighted by Crippen LogP contribution is 2.40. The molecular weight excluding hydrogens is 755 g/mol. The Hall–Kier alpha value is -8.41. The van der Waals surface area contributed by atoms with E-state index >= 15 is 0 Å². The summed E-state index contributed by atoms with van der Waals surface area (Å²) in [5, 5.41) is 4.87. The number of rotatable bonds is 7. The van der Waals surface area contributed by atoms with Crippen molar-refractivity contribution in [1.82, 2.24) is 24.1 Å². The highest BCUT2D eigenvalue weighted by molar-refractivity contribution is 6.19. The molecular formula is C57H37N5. The Morgan fingerprint density at radius 2 is 0.532 bits per heavy atom. The Bertz CT molecular complexity index is 3570. The van der Waals surface area contributed by atoms with Crippen LogP contribution < -0.4 is 0 Å². The van der Waals surface area contributed by atoms with Gasteiger partial charge in [0.25, 0.3) is 0 Å². The maximum atomic E-state index is 5.10. The second kappa shape index (κ2) is 14.7. The molecule has 9 aromatic carbocycles. The molecule has 0 aliphatic carbocycles. The fourth-order valence-corrected chi connectivity index (χ4v) is 8.97. The molecule has 0 bridgehead atoms. The minimum absolute atomic E-state index is 0.624. The van der Waals surface area contributed by atoms with E-state index < -0.39 is 0 Å². The van der Waals surface area contributed by atoms with Crippen LogP contribution in [-0.2, 0) is 0 Å². The third-order valence-corrected chi connectivity index (χ3v) is 12.0. The summed E-state index contributed by atoms with van der Waals surface area (Å²) in [5.41, 5.74) is 14.4. The predicted octanol–water partition coefficient (Wildman–Crippen LogP) is 14.4. The number of para-hydroxylation sites is 3. The van der Waals surface area contributed by atoms with Gasteiger partial charge in [0.15, 0.2) is 17.5 Å². The molecule has 3 aromatic heterocycles. The zero-order valence-corrected chi connectivity index (χ0v) is 33.6. The van der Waals surface area contributed by atoms with E-state index in [1.54, 1.807) is 0 Å². The molecule has 62 heavy (non-hydrogen) atoms. The molecule has 0 saturated carbocycles. The largest absolute Gasteiger partial charge is 0.309 e. The van der Waals surface area contributed by atoms with Crippen molar-refractivity contribution in [3.05, 3.63) is 224 Å². The van der Waals surface area contributed by atoms with E-state index in [0.29, 0.717) is 17.5 Å². The molecule has 0 saturated heterocycles. The van der Waals surface area contributed by atoms with Crippen molar-refractivity contribution in [1.29, 1.82) is 0 Å². The van der Waals surface area contributed by atoms with E-state index in [2.05, 4.69) is 197 Å². The lowest BCUT2D eigenvalue weighted by molar-refractivity contribution is 1.07.